The quantitative estimate of drug-likeness (QED) is 0.635. The van der Waals surface area contributed by atoms with Crippen molar-refractivity contribution in [1.82, 2.24) is 10.2 Å². The van der Waals surface area contributed by atoms with Crippen LogP contribution in [0, 0.1) is 5.92 Å². The number of nitrogens with zero attached hydrogens (tertiary/aromatic N) is 1. The van der Waals surface area contributed by atoms with Gasteiger partial charge >= 0.3 is 0 Å². The fourth-order valence-corrected chi connectivity index (χ4v) is 1.85. The molecular weight excluding hydrogens is 264 g/mol. The summed E-state index contributed by atoms with van der Waals surface area (Å²) in [6, 6.07) is 8.18. The molecule has 0 bridgehead atoms. The summed E-state index contributed by atoms with van der Waals surface area (Å²) in [5.41, 5.74) is 1.20. The molecule has 1 N–H and O–H groups in total. The van der Waals surface area contributed by atoms with Crippen molar-refractivity contribution in [2.75, 3.05) is 47.0 Å². The summed E-state index contributed by atoms with van der Waals surface area (Å²) in [4.78, 5) is 2.11. The molecule has 4 heteroatoms. The van der Waals surface area contributed by atoms with Gasteiger partial charge in [0.25, 0.3) is 0 Å². The van der Waals surface area contributed by atoms with Crippen molar-refractivity contribution in [1.29, 1.82) is 0 Å². The molecule has 0 atom stereocenters. The summed E-state index contributed by atoms with van der Waals surface area (Å²) in [5, 5.41) is 3.45. The molecule has 21 heavy (non-hydrogen) atoms. The van der Waals surface area contributed by atoms with Crippen LogP contribution in [0.4, 0.5) is 0 Å². The van der Waals surface area contributed by atoms with E-state index in [1.54, 1.807) is 0 Å². The van der Waals surface area contributed by atoms with Gasteiger partial charge in [-0.15, -0.1) is 0 Å². The first-order chi connectivity index (χ1) is 10.1. The lowest BCUT2D eigenvalue weighted by molar-refractivity contribution is 0.0887. The van der Waals surface area contributed by atoms with Crippen molar-refractivity contribution < 1.29 is 9.47 Å². The molecule has 0 spiro atoms. The first kappa shape index (κ1) is 18.0. The number of para-hydroxylation sites is 1. The maximum atomic E-state index is 5.82. The lowest BCUT2D eigenvalue weighted by atomic mass is 10.2. The van der Waals surface area contributed by atoms with E-state index in [0.29, 0.717) is 19.1 Å². The van der Waals surface area contributed by atoms with Crippen LogP contribution in [0.2, 0.25) is 0 Å². The van der Waals surface area contributed by atoms with Gasteiger partial charge in [-0.25, -0.2) is 0 Å². The van der Waals surface area contributed by atoms with Gasteiger partial charge in [-0.2, -0.15) is 0 Å². The van der Waals surface area contributed by atoms with E-state index in [4.69, 9.17) is 9.47 Å². The Labute approximate surface area is 129 Å². The van der Waals surface area contributed by atoms with E-state index in [9.17, 15) is 0 Å². The molecule has 0 amide bonds. The zero-order valence-corrected chi connectivity index (χ0v) is 13.9. The Kier molecular flexibility index (Phi) is 9.06. The van der Waals surface area contributed by atoms with Crippen LogP contribution in [0.1, 0.15) is 19.4 Å². The monoisotopic (exact) mass is 294 g/mol. The van der Waals surface area contributed by atoms with Gasteiger partial charge in [0.05, 0.1) is 13.2 Å². The SMILES string of the molecule is CC(C)CNCc1ccccc1OCCOCCN(C)C. The highest BCUT2D eigenvalue weighted by molar-refractivity contribution is 5.33. The van der Waals surface area contributed by atoms with Crippen LogP contribution in [0.25, 0.3) is 0 Å². The second-order valence-electron chi connectivity index (χ2n) is 5.90. The Morgan fingerprint density at radius 3 is 2.57 bits per heavy atom. The van der Waals surface area contributed by atoms with Gasteiger partial charge in [0.2, 0.25) is 0 Å². The van der Waals surface area contributed by atoms with E-state index in [-0.39, 0.29) is 0 Å². The summed E-state index contributed by atoms with van der Waals surface area (Å²) in [6.07, 6.45) is 0. The molecular formula is C17H30N2O2. The first-order valence-electron chi connectivity index (χ1n) is 7.73. The third kappa shape index (κ3) is 8.71. The minimum atomic E-state index is 0.592. The third-order valence-electron chi connectivity index (χ3n) is 3.01. The van der Waals surface area contributed by atoms with Crippen LogP contribution >= 0.6 is 0 Å². The summed E-state index contributed by atoms with van der Waals surface area (Å²) < 4.78 is 11.4. The van der Waals surface area contributed by atoms with E-state index in [1.807, 2.05) is 32.3 Å². The van der Waals surface area contributed by atoms with Gasteiger partial charge in [-0.3, -0.25) is 0 Å². The number of likely N-dealkylation sites (N-methyl/N-ethyl adjacent to an activating group) is 1. The molecule has 1 aromatic carbocycles. The predicted octanol–water partition coefficient (Wildman–Crippen LogP) is 2.39. The van der Waals surface area contributed by atoms with E-state index < -0.39 is 0 Å². The average Bonchev–Trinajstić information content (AvgIpc) is 2.43. The van der Waals surface area contributed by atoms with Crippen molar-refractivity contribution >= 4 is 0 Å². The third-order valence-corrected chi connectivity index (χ3v) is 3.01. The van der Waals surface area contributed by atoms with Crippen molar-refractivity contribution in [3.05, 3.63) is 29.8 Å². The highest BCUT2D eigenvalue weighted by atomic mass is 16.5. The number of rotatable bonds is 11. The largest absolute Gasteiger partial charge is 0.491 e. The molecule has 0 unspecified atom stereocenters. The average molecular weight is 294 g/mol. The molecule has 1 aromatic rings. The molecule has 0 saturated carbocycles. The molecule has 0 radical (unpaired) electrons. The van der Waals surface area contributed by atoms with Gasteiger partial charge in [0.15, 0.2) is 0 Å². The molecule has 0 aliphatic carbocycles. The van der Waals surface area contributed by atoms with Gasteiger partial charge < -0.3 is 19.7 Å². The van der Waals surface area contributed by atoms with Gasteiger partial charge in [0.1, 0.15) is 12.4 Å². The second kappa shape index (κ2) is 10.6. The molecule has 0 heterocycles. The predicted molar refractivity (Wildman–Crippen MR) is 87.9 cm³/mol. The van der Waals surface area contributed by atoms with Crippen molar-refractivity contribution in [2.45, 2.75) is 20.4 Å². The fraction of sp³-hybridized carbons (Fsp3) is 0.647. The number of nitrogens with one attached hydrogen (secondary N) is 1. The van der Waals surface area contributed by atoms with Crippen LogP contribution in [0.5, 0.6) is 5.75 Å². The fourth-order valence-electron chi connectivity index (χ4n) is 1.85. The van der Waals surface area contributed by atoms with Gasteiger partial charge in [0, 0.05) is 18.7 Å². The van der Waals surface area contributed by atoms with Crippen LogP contribution in [-0.4, -0.2) is 51.9 Å². The second-order valence-corrected chi connectivity index (χ2v) is 5.90. The van der Waals surface area contributed by atoms with Crippen LogP contribution in [0.15, 0.2) is 24.3 Å². The van der Waals surface area contributed by atoms with E-state index in [2.05, 4.69) is 30.1 Å². The molecule has 1 rings (SSSR count). The highest BCUT2D eigenvalue weighted by Gasteiger charge is 2.03. The number of hydrogen-bond donors (Lipinski definition) is 1. The molecule has 120 valence electrons. The minimum absolute atomic E-state index is 0.592. The normalized spacial score (nSPS) is 11.3. The molecule has 0 aliphatic heterocycles. The maximum Gasteiger partial charge on any atom is 0.123 e. The number of hydrogen-bond acceptors (Lipinski definition) is 4. The Hall–Kier alpha value is -1.10. The van der Waals surface area contributed by atoms with Gasteiger partial charge in [-0.1, -0.05) is 32.0 Å². The zero-order valence-electron chi connectivity index (χ0n) is 13.9. The lowest BCUT2D eigenvalue weighted by Crippen LogP contribution is -2.20. The first-order valence-corrected chi connectivity index (χ1v) is 7.73. The standard InChI is InChI=1S/C17H30N2O2/c1-15(2)13-18-14-16-7-5-6-8-17(16)21-12-11-20-10-9-19(3)4/h5-8,15,18H,9-14H2,1-4H3. The molecule has 0 aliphatic rings. The Balaban J connectivity index is 2.27. The van der Waals surface area contributed by atoms with E-state index >= 15 is 0 Å². The highest BCUT2D eigenvalue weighted by Crippen LogP contribution is 2.17. The smallest absolute Gasteiger partial charge is 0.123 e. The van der Waals surface area contributed by atoms with E-state index in [0.717, 1.165) is 32.0 Å². The lowest BCUT2D eigenvalue weighted by Gasteiger charge is -2.14. The van der Waals surface area contributed by atoms with Gasteiger partial charge in [-0.05, 0) is 32.6 Å². The summed E-state index contributed by atoms with van der Waals surface area (Å²) >= 11 is 0. The van der Waals surface area contributed by atoms with Crippen molar-refractivity contribution in [3.63, 3.8) is 0 Å². The van der Waals surface area contributed by atoms with Crippen LogP contribution < -0.4 is 10.1 Å². The number of benzene rings is 1. The molecule has 0 saturated heterocycles. The van der Waals surface area contributed by atoms with Crippen molar-refractivity contribution in [2.24, 2.45) is 5.92 Å². The Morgan fingerprint density at radius 2 is 1.86 bits per heavy atom. The molecule has 0 fully saturated rings. The zero-order chi connectivity index (χ0) is 15.5. The number of ether oxygens (including phenoxy) is 2. The summed E-state index contributed by atoms with van der Waals surface area (Å²) in [5.74, 6) is 1.60. The van der Waals surface area contributed by atoms with E-state index in [1.165, 1.54) is 5.56 Å². The minimum Gasteiger partial charge on any atom is -0.491 e. The molecule has 0 aromatic heterocycles. The molecule has 4 nitrogen and oxygen atoms in total. The van der Waals surface area contributed by atoms with Crippen LogP contribution in [0.3, 0.4) is 0 Å². The Bertz CT molecular complexity index is 381. The van der Waals surface area contributed by atoms with Crippen LogP contribution in [-0.2, 0) is 11.3 Å². The Morgan fingerprint density at radius 1 is 1.10 bits per heavy atom. The van der Waals surface area contributed by atoms with Crippen molar-refractivity contribution in [3.8, 4) is 5.75 Å². The topological polar surface area (TPSA) is 33.7 Å². The summed E-state index contributed by atoms with van der Waals surface area (Å²) in [7, 11) is 4.08. The maximum absolute atomic E-state index is 5.82. The summed E-state index contributed by atoms with van der Waals surface area (Å²) in [6.45, 7) is 9.18.